The molecule has 0 spiro atoms. The van der Waals surface area contributed by atoms with Gasteiger partial charge in [-0.05, 0) is 24.1 Å². The normalized spacial score (nSPS) is 11.0. The Labute approximate surface area is 120 Å². The molecule has 0 aliphatic carbocycles. The second-order valence-electron chi connectivity index (χ2n) is 4.65. The number of thiazole rings is 1. The van der Waals surface area contributed by atoms with Gasteiger partial charge in [0.1, 0.15) is 0 Å². The lowest BCUT2D eigenvalue weighted by molar-refractivity contribution is 0.0692. The van der Waals surface area contributed by atoms with Gasteiger partial charge in [-0.3, -0.25) is 0 Å². The number of carbonyl (C=O) groups is 1. The quantitative estimate of drug-likeness (QED) is 0.900. The number of aromatic carboxylic acids is 1. The largest absolute Gasteiger partial charge is 0.476 e. The van der Waals surface area contributed by atoms with Crippen LogP contribution in [0, 0.1) is 6.92 Å². The summed E-state index contributed by atoms with van der Waals surface area (Å²) in [7, 11) is 0. The topological polar surface area (TPSA) is 50.2 Å². The van der Waals surface area contributed by atoms with Gasteiger partial charge >= 0.3 is 5.97 Å². The van der Waals surface area contributed by atoms with Crippen molar-refractivity contribution in [3.8, 4) is 10.4 Å². The second-order valence-corrected chi connectivity index (χ2v) is 6.09. The third kappa shape index (κ3) is 2.80. The molecule has 0 radical (unpaired) electrons. The molecule has 0 saturated heterocycles. The monoisotopic (exact) mass is 295 g/mol. The van der Waals surface area contributed by atoms with Crippen LogP contribution in [0.15, 0.2) is 18.2 Å². The Morgan fingerprint density at radius 3 is 2.63 bits per heavy atom. The van der Waals surface area contributed by atoms with E-state index < -0.39 is 5.97 Å². The molecule has 0 fully saturated rings. The van der Waals surface area contributed by atoms with E-state index in [1.807, 2.05) is 32.9 Å². The Balaban J connectivity index is 2.59. The average molecular weight is 296 g/mol. The van der Waals surface area contributed by atoms with Gasteiger partial charge in [0.05, 0.1) is 9.88 Å². The molecule has 100 valence electrons. The standard InChI is InChI=1S/C14H14ClNO2S/c1-7(2)13-16-11(14(17)18)12(19-13)9-5-4-8(3)10(15)6-9/h4-7H,1-3H3,(H,17,18). The maximum absolute atomic E-state index is 11.3. The molecule has 2 rings (SSSR count). The van der Waals surface area contributed by atoms with E-state index in [0.29, 0.717) is 9.90 Å². The van der Waals surface area contributed by atoms with Gasteiger partial charge in [-0.25, -0.2) is 9.78 Å². The zero-order valence-corrected chi connectivity index (χ0v) is 12.5. The highest BCUT2D eigenvalue weighted by atomic mass is 35.5. The minimum Gasteiger partial charge on any atom is -0.476 e. The molecule has 0 aliphatic heterocycles. The van der Waals surface area contributed by atoms with Gasteiger partial charge in [0.2, 0.25) is 0 Å². The molecule has 0 unspecified atom stereocenters. The third-order valence-electron chi connectivity index (χ3n) is 2.77. The van der Waals surface area contributed by atoms with Crippen molar-refractivity contribution in [2.75, 3.05) is 0 Å². The summed E-state index contributed by atoms with van der Waals surface area (Å²) in [6.45, 7) is 5.91. The van der Waals surface area contributed by atoms with Crippen LogP contribution in [-0.2, 0) is 0 Å². The van der Waals surface area contributed by atoms with Gasteiger partial charge in [-0.1, -0.05) is 37.6 Å². The highest BCUT2D eigenvalue weighted by Gasteiger charge is 2.20. The number of carboxylic acids is 1. The van der Waals surface area contributed by atoms with Crippen LogP contribution < -0.4 is 0 Å². The summed E-state index contributed by atoms with van der Waals surface area (Å²) < 4.78 is 0. The van der Waals surface area contributed by atoms with E-state index in [1.54, 1.807) is 6.07 Å². The van der Waals surface area contributed by atoms with Crippen molar-refractivity contribution in [3.63, 3.8) is 0 Å². The molecular weight excluding hydrogens is 282 g/mol. The second kappa shape index (κ2) is 5.31. The van der Waals surface area contributed by atoms with Gasteiger partial charge in [0.15, 0.2) is 5.69 Å². The fourth-order valence-corrected chi connectivity index (χ4v) is 2.90. The first-order valence-corrected chi connectivity index (χ1v) is 7.10. The van der Waals surface area contributed by atoms with Crippen molar-refractivity contribution in [1.82, 2.24) is 4.98 Å². The molecule has 0 saturated carbocycles. The first-order valence-electron chi connectivity index (χ1n) is 5.90. The Hall–Kier alpha value is -1.39. The molecule has 1 aromatic carbocycles. The minimum absolute atomic E-state index is 0.105. The van der Waals surface area contributed by atoms with Crippen molar-refractivity contribution in [1.29, 1.82) is 0 Å². The lowest BCUT2D eigenvalue weighted by Gasteiger charge is -2.02. The molecule has 0 aliphatic rings. The molecule has 1 heterocycles. The molecule has 1 aromatic heterocycles. The van der Waals surface area contributed by atoms with Crippen LogP contribution in [0.3, 0.4) is 0 Å². The van der Waals surface area contributed by atoms with Crippen LogP contribution >= 0.6 is 22.9 Å². The van der Waals surface area contributed by atoms with Gasteiger partial charge in [0.25, 0.3) is 0 Å². The van der Waals surface area contributed by atoms with Crippen molar-refractivity contribution >= 4 is 28.9 Å². The number of benzene rings is 1. The summed E-state index contributed by atoms with van der Waals surface area (Å²) in [6, 6.07) is 5.56. The number of hydrogen-bond acceptors (Lipinski definition) is 3. The smallest absolute Gasteiger partial charge is 0.356 e. The number of aromatic nitrogens is 1. The van der Waals surface area contributed by atoms with Crippen LogP contribution in [0.2, 0.25) is 5.02 Å². The molecular formula is C14H14ClNO2S. The molecule has 0 atom stereocenters. The molecule has 0 bridgehead atoms. The van der Waals surface area contributed by atoms with Crippen LogP contribution in [0.1, 0.15) is 40.8 Å². The molecule has 3 nitrogen and oxygen atoms in total. The van der Waals surface area contributed by atoms with Crippen LogP contribution in [0.5, 0.6) is 0 Å². The molecule has 5 heteroatoms. The van der Waals surface area contributed by atoms with Crippen LogP contribution in [0.4, 0.5) is 0 Å². The Morgan fingerprint density at radius 2 is 2.11 bits per heavy atom. The maximum Gasteiger partial charge on any atom is 0.356 e. The number of rotatable bonds is 3. The van der Waals surface area contributed by atoms with Gasteiger partial charge < -0.3 is 5.11 Å². The number of halogens is 1. The fraction of sp³-hybridized carbons (Fsp3) is 0.286. The Bertz CT molecular complexity index is 634. The average Bonchev–Trinajstić information content (AvgIpc) is 2.78. The molecule has 0 amide bonds. The third-order valence-corrected chi connectivity index (χ3v) is 4.59. The molecule has 1 N–H and O–H groups in total. The van der Waals surface area contributed by atoms with Crippen LogP contribution in [-0.4, -0.2) is 16.1 Å². The molecule has 2 aromatic rings. The SMILES string of the molecule is Cc1ccc(-c2sc(C(C)C)nc2C(=O)O)cc1Cl. The summed E-state index contributed by atoms with van der Waals surface area (Å²) in [4.78, 5) is 16.2. The summed E-state index contributed by atoms with van der Waals surface area (Å²) in [5.74, 6) is -0.799. The first kappa shape index (κ1) is 14.0. The predicted molar refractivity (Wildman–Crippen MR) is 78.3 cm³/mol. The zero-order chi connectivity index (χ0) is 14.2. The van der Waals surface area contributed by atoms with Crippen molar-refractivity contribution in [2.45, 2.75) is 26.7 Å². The highest BCUT2D eigenvalue weighted by molar-refractivity contribution is 7.15. The number of aryl methyl sites for hydroxylation is 1. The van der Waals surface area contributed by atoms with Gasteiger partial charge in [-0.2, -0.15) is 0 Å². The van der Waals surface area contributed by atoms with E-state index in [0.717, 1.165) is 16.1 Å². The van der Waals surface area contributed by atoms with E-state index in [9.17, 15) is 9.90 Å². The van der Waals surface area contributed by atoms with Crippen molar-refractivity contribution < 1.29 is 9.90 Å². The highest BCUT2D eigenvalue weighted by Crippen LogP contribution is 2.35. The first-order chi connectivity index (χ1) is 8.90. The zero-order valence-electron chi connectivity index (χ0n) is 10.9. The van der Waals surface area contributed by atoms with Gasteiger partial charge in [0, 0.05) is 10.9 Å². The summed E-state index contributed by atoms with van der Waals surface area (Å²) in [5, 5.41) is 10.7. The Morgan fingerprint density at radius 1 is 1.42 bits per heavy atom. The van der Waals surface area contributed by atoms with E-state index in [2.05, 4.69) is 4.98 Å². The van der Waals surface area contributed by atoms with E-state index in [1.165, 1.54) is 11.3 Å². The number of hydrogen-bond donors (Lipinski definition) is 1. The minimum atomic E-state index is -1.00. The number of carboxylic acid groups (broad SMARTS) is 1. The maximum atomic E-state index is 11.3. The summed E-state index contributed by atoms with van der Waals surface area (Å²) in [6.07, 6.45) is 0. The molecule has 19 heavy (non-hydrogen) atoms. The van der Waals surface area contributed by atoms with E-state index >= 15 is 0 Å². The van der Waals surface area contributed by atoms with Crippen molar-refractivity contribution in [3.05, 3.63) is 39.5 Å². The summed E-state index contributed by atoms with van der Waals surface area (Å²) >= 11 is 7.51. The van der Waals surface area contributed by atoms with Crippen molar-refractivity contribution in [2.24, 2.45) is 0 Å². The number of nitrogens with zero attached hydrogens (tertiary/aromatic N) is 1. The Kier molecular flexibility index (Phi) is 3.92. The lowest BCUT2D eigenvalue weighted by atomic mass is 10.1. The fourth-order valence-electron chi connectivity index (χ4n) is 1.66. The predicted octanol–water partition coefficient (Wildman–Crippen LogP) is 4.59. The van der Waals surface area contributed by atoms with E-state index in [4.69, 9.17) is 11.6 Å². The van der Waals surface area contributed by atoms with Crippen LogP contribution in [0.25, 0.3) is 10.4 Å². The summed E-state index contributed by atoms with van der Waals surface area (Å²) in [5.41, 5.74) is 1.88. The lowest BCUT2D eigenvalue weighted by Crippen LogP contribution is -1.99. The van der Waals surface area contributed by atoms with Gasteiger partial charge in [-0.15, -0.1) is 11.3 Å². The van der Waals surface area contributed by atoms with E-state index in [-0.39, 0.29) is 11.6 Å².